The fourth-order valence-electron chi connectivity index (χ4n) is 1.73. The van der Waals surface area contributed by atoms with Gasteiger partial charge < -0.3 is 10.6 Å². The summed E-state index contributed by atoms with van der Waals surface area (Å²) in [7, 11) is -1.76. The zero-order chi connectivity index (χ0) is 15.3. The van der Waals surface area contributed by atoms with E-state index >= 15 is 0 Å². The predicted octanol–water partition coefficient (Wildman–Crippen LogP) is 1.42. The van der Waals surface area contributed by atoms with Gasteiger partial charge in [-0.15, -0.1) is 0 Å². The fourth-order valence-corrected chi connectivity index (χ4v) is 2.86. The molecule has 114 valence electrons. The van der Waals surface area contributed by atoms with E-state index in [-0.39, 0.29) is 17.1 Å². The van der Waals surface area contributed by atoms with E-state index in [9.17, 15) is 12.8 Å². The monoisotopic (exact) mass is 303 g/mol. The smallest absolute Gasteiger partial charge is 0.242 e. The summed E-state index contributed by atoms with van der Waals surface area (Å²) >= 11 is 0. The molecule has 0 amide bonds. The van der Waals surface area contributed by atoms with Crippen molar-refractivity contribution >= 4 is 15.7 Å². The molecule has 0 aliphatic heterocycles. The zero-order valence-corrected chi connectivity index (χ0v) is 12.9. The van der Waals surface area contributed by atoms with E-state index < -0.39 is 15.8 Å². The average Bonchev–Trinajstić information content (AvgIpc) is 2.36. The van der Waals surface area contributed by atoms with Crippen LogP contribution in [0.25, 0.3) is 0 Å². The Morgan fingerprint density at radius 2 is 2.10 bits per heavy atom. The van der Waals surface area contributed by atoms with Gasteiger partial charge in [-0.25, -0.2) is 17.5 Å². The highest BCUT2D eigenvalue weighted by Crippen LogP contribution is 2.18. The summed E-state index contributed by atoms with van der Waals surface area (Å²) in [6.07, 6.45) is 0.994. The molecule has 0 aliphatic rings. The molecule has 0 spiro atoms. The number of hydrogen-bond donors (Lipinski definition) is 2. The molecule has 0 fully saturated rings. The number of rotatable bonds is 7. The third-order valence-corrected chi connectivity index (χ3v) is 4.90. The molecule has 0 bridgehead atoms. The van der Waals surface area contributed by atoms with Crippen LogP contribution in [0.15, 0.2) is 23.1 Å². The van der Waals surface area contributed by atoms with Gasteiger partial charge in [0.2, 0.25) is 10.0 Å². The first-order chi connectivity index (χ1) is 9.27. The molecule has 3 N–H and O–H groups in total. The van der Waals surface area contributed by atoms with Crippen molar-refractivity contribution in [3.05, 3.63) is 24.0 Å². The van der Waals surface area contributed by atoms with E-state index in [1.807, 2.05) is 7.05 Å². The van der Waals surface area contributed by atoms with Gasteiger partial charge in [0.15, 0.2) is 0 Å². The minimum atomic E-state index is -3.70. The number of nitrogens with one attached hydrogen (secondary N) is 1. The molecule has 1 aromatic rings. The van der Waals surface area contributed by atoms with E-state index in [0.717, 1.165) is 18.6 Å². The lowest BCUT2D eigenvalue weighted by atomic mass is 10.2. The van der Waals surface area contributed by atoms with Crippen molar-refractivity contribution < 1.29 is 12.8 Å². The number of benzene rings is 1. The van der Waals surface area contributed by atoms with Crippen LogP contribution >= 0.6 is 0 Å². The van der Waals surface area contributed by atoms with E-state index in [4.69, 9.17) is 5.73 Å². The second-order valence-corrected chi connectivity index (χ2v) is 6.55. The van der Waals surface area contributed by atoms with Crippen molar-refractivity contribution in [2.45, 2.75) is 31.2 Å². The topological polar surface area (TPSA) is 75.4 Å². The Balaban J connectivity index is 2.67. The molecule has 20 heavy (non-hydrogen) atoms. The Labute approximate surface area is 120 Å². The second kappa shape index (κ2) is 7.01. The average molecular weight is 303 g/mol. The molecule has 1 unspecified atom stereocenters. The van der Waals surface area contributed by atoms with Crippen LogP contribution in [0.5, 0.6) is 0 Å². The molecule has 0 saturated carbocycles. The molecule has 0 heterocycles. The van der Waals surface area contributed by atoms with Crippen LogP contribution in [0, 0.1) is 5.82 Å². The number of halogens is 1. The summed E-state index contributed by atoms with van der Waals surface area (Å²) in [5.41, 5.74) is 5.45. The second-order valence-electron chi connectivity index (χ2n) is 4.82. The molecule has 1 atom stereocenters. The van der Waals surface area contributed by atoms with E-state index in [0.29, 0.717) is 12.6 Å². The van der Waals surface area contributed by atoms with E-state index in [2.05, 4.69) is 23.5 Å². The first-order valence-corrected chi connectivity index (χ1v) is 8.01. The Morgan fingerprint density at radius 1 is 1.45 bits per heavy atom. The Hall–Kier alpha value is -1.18. The third kappa shape index (κ3) is 4.43. The Bertz CT molecular complexity index is 549. The number of nitrogens with two attached hydrogens (primary N) is 1. The number of nitrogens with zero attached hydrogens (tertiary/aromatic N) is 1. The van der Waals surface area contributed by atoms with Crippen molar-refractivity contribution in [1.29, 1.82) is 0 Å². The normalized spacial score (nSPS) is 13.7. The summed E-state index contributed by atoms with van der Waals surface area (Å²) < 4.78 is 39.5. The minimum absolute atomic E-state index is 0.0900. The summed E-state index contributed by atoms with van der Waals surface area (Å²) in [5, 5.41) is 0. The number of likely N-dealkylation sites (N-methyl/N-ethyl adjacent to an activating group) is 1. The van der Waals surface area contributed by atoms with Gasteiger partial charge in [-0.1, -0.05) is 6.92 Å². The lowest BCUT2D eigenvalue weighted by Gasteiger charge is -2.23. The van der Waals surface area contributed by atoms with Crippen LogP contribution in [-0.2, 0) is 10.0 Å². The SMILES string of the molecule is CCC(C)N(C)CCNS(=O)(=O)c1ccc(F)cc1N. The maximum absolute atomic E-state index is 12.9. The highest BCUT2D eigenvalue weighted by molar-refractivity contribution is 7.89. The van der Waals surface area contributed by atoms with Gasteiger partial charge in [0, 0.05) is 19.1 Å². The molecule has 5 nitrogen and oxygen atoms in total. The van der Waals surface area contributed by atoms with Crippen LogP contribution in [0.2, 0.25) is 0 Å². The van der Waals surface area contributed by atoms with Gasteiger partial charge >= 0.3 is 0 Å². The summed E-state index contributed by atoms with van der Waals surface area (Å²) in [5.74, 6) is -0.557. The van der Waals surface area contributed by atoms with Crippen LogP contribution < -0.4 is 10.5 Å². The molecule has 1 rings (SSSR count). The highest BCUT2D eigenvalue weighted by Gasteiger charge is 2.17. The maximum atomic E-state index is 12.9. The van der Waals surface area contributed by atoms with E-state index in [1.165, 1.54) is 6.07 Å². The fraction of sp³-hybridized carbons (Fsp3) is 0.538. The number of sulfonamides is 1. The molecular weight excluding hydrogens is 281 g/mol. The van der Waals surface area contributed by atoms with Crippen molar-refractivity contribution in [2.75, 3.05) is 25.9 Å². The van der Waals surface area contributed by atoms with Gasteiger partial charge in [-0.05, 0) is 38.6 Å². The lowest BCUT2D eigenvalue weighted by Crippen LogP contribution is -2.37. The van der Waals surface area contributed by atoms with Gasteiger partial charge in [0.25, 0.3) is 0 Å². The largest absolute Gasteiger partial charge is 0.398 e. The van der Waals surface area contributed by atoms with Gasteiger partial charge in [0.05, 0.1) is 5.69 Å². The number of hydrogen-bond acceptors (Lipinski definition) is 4. The summed E-state index contributed by atoms with van der Waals surface area (Å²) in [6, 6.07) is 3.64. The summed E-state index contributed by atoms with van der Waals surface area (Å²) in [4.78, 5) is 1.97. The highest BCUT2D eigenvalue weighted by atomic mass is 32.2. The third-order valence-electron chi connectivity index (χ3n) is 3.36. The quantitative estimate of drug-likeness (QED) is 0.747. The number of anilines is 1. The van der Waals surface area contributed by atoms with Gasteiger partial charge in [-0.2, -0.15) is 0 Å². The molecular formula is C13H22FN3O2S. The van der Waals surface area contributed by atoms with Crippen molar-refractivity contribution in [2.24, 2.45) is 0 Å². The first-order valence-electron chi connectivity index (χ1n) is 6.53. The van der Waals surface area contributed by atoms with Gasteiger partial charge in [0.1, 0.15) is 10.7 Å². The molecule has 0 saturated heterocycles. The van der Waals surface area contributed by atoms with Crippen molar-refractivity contribution in [1.82, 2.24) is 9.62 Å². The molecule has 0 aromatic heterocycles. The number of nitrogen functional groups attached to an aromatic ring is 1. The zero-order valence-electron chi connectivity index (χ0n) is 12.1. The van der Waals surface area contributed by atoms with Crippen molar-refractivity contribution in [3.63, 3.8) is 0 Å². The van der Waals surface area contributed by atoms with Crippen molar-refractivity contribution in [3.8, 4) is 0 Å². The standard InChI is InChI=1S/C13H22FN3O2S/c1-4-10(2)17(3)8-7-16-20(18,19)13-6-5-11(14)9-12(13)15/h5-6,9-10,16H,4,7-8,15H2,1-3H3. The predicted molar refractivity (Wildman–Crippen MR) is 78.4 cm³/mol. The maximum Gasteiger partial charge on any atom is 0.242 e. The van der Waals surface area contributed by atoms with Crippen LogP contribution in [0.4, 0.5) is 10.1 Å². The molecule has 0 aliphatic carbocycles. The van der Waals surface area contributed by atoms with E-state index in [1.54, 1.807) is 0 Å². The summed E-state index contributed by atoms with van der Waals surface area (Å²) in [6.45, 7) is 5.02. The Morgan fingerprint density at radius 3 is 2.65 bits per heavy atom. The minimum Gasteiger partial charge on any atom is -0.398 e. The molecule has 7 heteroatoms. The lowest BCUT2D eigenvalue weighted by molar-refractivity contribution is 0.256. The van der Waals surface area contributed by atoms with Crippen LogP contribution in [0.3, 0.4) is 0 Å². The van der Waals surface area contributed by atoms with Crippen LogP contribution in [0.1, 0.15) is 20.3 Å². The van der Waals surface area contributed by atoms with Gasteiger partial charge in [-0.3, -0.25) is 0 Å². The van der Waals surface area contributed by atoms with Crippen LogP contribution in [-0.4, -0.2) is 39.5 Å². The first kappa shape index (κ1) is 16.9. The Kier molecular flexibility index (Phi) is 5.91. The molecule has 1 aromatic carbocycles. The molecule has 0 radical (unpaired) electrons.